The topological polar surface area (TPSA) is 114 Å². The SMILES string of the molecule is Cc1cccc(C=NNc2ccc(S(=O)(=O)Nc3ccccc3)cc2[N+](=O)[O-])c1. The molecule has 29 heavy (non-hydrogen) atoms. The van der Waals surface area contributed by atoms with Crippen LogP contribution in [0.2, 0.25) is 0 Å². The molecular weight excluding hydrogens is 392 g/mol. The molecule has 0 amide bonds. The highest BCUT2D eigenvalue weighted by atomic mass is 32.2. The maximum atomic E-state index is 12.5. The van der Waals surface area contributed by atoms with E-state index in [1.54, 1.807) is 30.3 Å². The molecule has 0 spiro atoms. The molecule has 9 heteroatoms. The van der Waals surface area contributed by atoms with E-state index < -0.39 is 20.6 Å². The van der Waals surface area contributed by atoms with Crippen molar-refractivity contribution in [1.82, 2.24) is 0 Å². The van der Waals surface area contributed by atoms with E-state index in [-0.39, 0.29) is 10.6 Å². The van der Waals surface area contributed by atoms with Crippen LogP contribution in [0.25, 0.3) is 0 Å². The Morgan fingerprint density at radius 1 is 1.00 bits per heavy atom. The van der Waals surface area contributed by atoms with Gasteiger partial charge in [0.1, 0.15) is 5.69 Å². The van der Waals surface area contributed by atoms with Crippen molar-refractivity contribution >= 4 is 33.3 Å². The fourth-order valence-electron chi connectivity index (χ4n) is 2.57. The number of aryl methyl sites for hydroxylation is 1. The van der Waals surface area contributed by atoms with Crippen molar-refractivity contribution in [3.8, 4) is 0 Å². The van der Waals surface area contributed by atoms with Crippen LogP contribution in [-0.2, 0) is 10.0 Å². The molecule has 0 saturated carbocycles. The molecule has 0 saturated heterocycles. The van der Waals surface area contributed by atoms with E-state index in [0.717, 1.165) is 17.2 Å². The van der Waals surface area contributed by atoms with E-state index in [1.165, 1.54) is 18.3 Å². The van der Waals surface area contributed by atoms with Gasteiger partial charge in [-0.25, -0.2) is 8.42 Å². The van der Waals surface area contributed by atoms with Crippen LogP contribution in [0, 0.1) is 17.0 Å². The highest BCUT2D eigenvalue weighted by Gasteiger charge is 2.21. The maximum Gasteiger partial charge on any atom is 0.295 e. The molecule has 0 atom stereocenters. The summed E-state index contributed by atoms with van der Waals surface area (Å²) in [5.41, 5.74) is 4.53. The van der Waals surface area contributed by atoms with E-state index in [0.29, 0.717) is 5.69 Å². The van der Waals surface area contributed by atoms with E-state index >= 15 is 0 Å². The molecule has 0 radical (unpaired) electrons. The van der Waals surface area contributed by atoms with Gasteiger partial charge in [0.25, 0.3) is 15.7 Å². The van der Waals surface area contributed by atoms with Crippen molar-refractivity contribution in [2.75, 3.05) is 10.1 Å². The second-order valence-corrected chi connectivity index (χ2v) is 7.87. The molecule has 2 N–H and O–H groups in total. The van der Waals surface area contributed by atoms with Crippen LogP contribution in [0.15, 0.2) is 82.8 Å². The minimum atomic E-state index is -3.98. The van der Waals surface area contributed by atoms with Crippen LogP contribution in [0.1, 0.15) is 11.1 Å². The van der Waals surface area contributed by atoms with Gasteiger partial charge in [0.2, 0.25) is 0 Å². The lowest BCUT2D eigenvalue weighted by atomic mass is 10.2. The molecule has 0 fully saturated rings. The summed E-state index contributed by atoms with van der Waals surface area (Å²) in [6.45, 7) is 1.94. The summed E-state index contributed by atoms with van der Waals surface area (Å²) >= 11 is 0. The molecule has 0 aliphatic rings. The van der Waals surface area contributed by atoms with Crippen LogP contribution in [0.3, 0.4) is 0 Å². The van der Waals surface area contributed by atoms with Crippen LogP contribution >= 0.6 is 0 Å². The molecule has 3 aromatic carbocycles. The summed E-state index contributed by atoms with van der Waals surface area (Å²) < 4.78 is 27.5. The Hall–Kier alpha value is -3.72. The number of para-hydroxylation sites is 1. The Bertz CT molecular complexity index is 1160. The first-order chi connectivity index (χ1) is 13.8. The smallest absolute Gasteiger partial charge is 0.280 e. The molecule has 0 aliphatic carbocycles. The second-order valence-electron chi connectivity index (χ2n) is 6.19. The van der Waals surface area contributed by atoms with Gasteiger partial charge < -0.3 is 0 Å². The Balaban J connectivity index is 1.84. The molecule has 148 valence electrons. The third-order valence-corrected chi connectivity index (χ3v) is 5.32. The van der Waals surface area contributed by atoms with Crippen LogP contribution in [-0.4, -0.2) is 19.6 Å². The Morgan fingerprint density at radius 3 is 2.45 bits per heavy atom. The Morgan fingerprint density at radius 2 is 1.76 bits per heavy atom. The van der Waals surface area contributed by atoms with Gasteiger partial charge in [-0.05, 0) is 36.8 Å². The number of nitro benzene ring substituents is 1. The summed E-state index contributed by atoms with van der Waals surface area (Å²) in [7, 11) is -3.98. The summed E-state index contributed by atoms with van der Waals surface area (Å²) in [6.07, 6.45) is 1.53. The fraction of sp³-hybridized carbons (Fsp3) is 0.0500. The van der Waals surface area contributed by atoms with Gasteiger partial charge in [-0.3, -0.25) is 20.3 Å². The molecule has 0 bridgehead atoms. The van der Waals surface area contributed by atoms with Crippen molar-refractivity contribution in [3.05, 3.63) is 94.0 Å². The first-order valence-electron chi connectivity index (χ1n) is 8.57. The second kappa shape index (κ2) is 8.53. The van der Waals surface area contributed by atoms with Crippen molar-refractivity contribution < 1.29 is 13.3 Å². The van der Waals surface area contributed by atoms with Gasteiger partial charge in [0.05, 0.1) is 16.0 Å². The lowest BCUT2D eigenvalue weighted by molar-refractivity contribution is -0.384. The summed E-state index contributed by atoms with van der Waals surface area (Å²) in [6, 6.07) is 19.4. The van der Waals surface area contributed by atoms with Gasteiger partial charge >= 0.3 is 0 Å². The third-order valence-electron chi connectivity index (χ3n) is 3.94. The number of nitrogens with one attached hydrogen (secondary N) is 2. The van der Waals surface area contributed by atoms with Gasteiger partial charge in [0.15, 0.2) is 0 Å². The molecule has 3 aromatic rings. The number of sulfonamides is 1. The largest absolute Gasteiger partial charge is 0.295 e. The minimum Gasteiger partial charge on any atom is -0.280 e. The van der Waals surface area contributed by atoms with Gasteiger partial charge in [-0.1, -0.05) is 48.0 Å². The van der Waals surface area contributed by atoms with Crippen LogP contribution < -0.4 is 10.1 Å². The minimum absolute atomic E-state index is 0.0811. The Kier molecular flexibility index (Phi) is 5.89. The normalized spacial score (nSPS) is 11.3. The quantitative estimate of drug-likeness (QED) is 0.345. The molecule has 0 aliphatic heterocycles. The number of nitro groups is 1. The first kappa shape index (κ1) is 20.0. The molecule has 3 rings (SSSR count). The number of hydrogen-bond donors (Lipinski definition) is 2. The molecule has 8 nitrogen and oxygen atoms in total. The predicted octanol–water partition coefficient (Wildman–Crippen LogP) is 4.15. The maximum absolute atomic E-state index is 12.5. The number of benzene rings is 3. The average Bonchev–Trinajstić information content (AvgIpc) is 2.68. The van der Waals surface area contributed by atoms with Crippen LogP contribution in [0.5, 0.6) is 0 Å². The first-order valence-corrected chi connectivity index (χ1v) is 10.1. The molecule has 0 unspecified atom stereocenters. The summed E-state index contributed by atoms with van der Waals surface area (Å²) in [5, 5.41) is 15.4. The highest BCUT2D eigenvalue weighted by molar-refractivity contribution is 7.92. The zero-order valence-electron chi connectivity index (χ0n) is 15.4. The van der Waals surface area contributed by atoms with Crippen molar-refractivity contribution in [2.45, 2.75) is 11.8 Å². The lowest BCUT2D eigenvalue weighted by Crippen LogP contribution is -2.13. The number of hydrazone groups is 1. The van der Waals surface area contributed by atoms with Crippen molar-refractivity contribution in [1.29, 1.82) is 0 Å². The number of nitrogens with zero attached hydrogens (tertiary/aromatic N) is 2. The van der Waals surface area contributed by atoms with E-state index in [2.05, 4.69) is 15.2 Å². The van der Waals surface area contributed by atoms with Crippen LogP contribution in [0.4, 0.5) is 17.1 Å². The predicted molar refractivity (Wildman–Crippen MR) is 113 cm³/mol. The summed E-state index contributed by atoms with van der Waals surface area (Å²) in [4.78, 5) is 10.6. The third kappa shape index (κ3) is 5.17. The lowest BCUT2D eigenvalue weighted by Gasteiger charge is -2.09. The van der Waals surface area contributed by atoms with Gasteiger partial charge in [-0.2, -0.15) is 5.10 Å². The molecular formula is C20H18N4O4S. The average molecular weight is 410 g/mol. The van der Waals surface area contributed by atoms with Gasteiger partial charge in [-0.15, -0.1) is 0 Å². The molecule has 0 aromatic heterocycles. The monoisotopic (exact) mass is 410 g/mol. The number of hydrogen-bond acceptors (Lipinski definition) is 6. The zero-order valence-corrected chi connectivity index (χ0v) is 16.3. The highest BCUT2D eigenvalue weighted by Crippen LogP contribution is 2.28. The fourth-order valence-corrected chi connectivity index (χ4v) is 3.65. The number of rotatable bonds is 7. The zero-order chi connectivity index (χ0) is 20.9. The summed E-state index contributed by atoms with van der Waals surface area (Å²) in [5.74, 6) is 0. The standard InChI is InChI=1S/C20H18N4O4S/c1-15-6-5-7-16(12-15)14-21-22-19-11-10-18(13-20(19)24(25)26)29(27,28)23-17-8-3-2-4-9-17/h2-14,22-23H,1H3. The Labute approximate surface area is 168 Å². The van der Waals surface area contributed by atoms with Gasteiger partial charge in [0, 0.05) is 11.8 Å². The van der Waals surface area contributed by atoms with E-state index in [9.17, 15) is 18.5 Å². The number of anilines is 2. The van der Waals surface area contributed by atoms with E-state index in [4.69, 9.17) is 0 Å². The molecule has 0 heterocycles. The van der Waals surface area contributed by atoms with Crippen molar-refractivity contribution in [2.24, 2.45) is 5.10 Å². The van der Waals surface area contributed by atoms with E-state index in [1.807, 2.05) is 31.2 Å². The van der Waals surface area contributed by atoms with Crippen molar-refractivity contribution in [3.63, 3.8) is 0 Å².